The highest BCUT2D eigenvalue weighted by atomic mass is 19.1. The Hall–Kier alpha value is -5.29. The molecule has 6 aromatic carbocycles. The van der Waals surface area contributed by atoms with Crippen LogP contribution in [0.3, 0.4) is 0 Å². The number of aryl methyl sites for hydroxylation is 1. The number of anilines is 5. The van der Waals surface area contributed by atoms with Crippen LogP contribution in [0.4, 0.5) is 32.8 Å². The summed E-state index contributed by atoms with van der Waals surface area (Å²) in [5, 5.41) is 3.86. The van der Waals surface area contributed by atoms with Gasteiger partial charge in [0.2, 0.25) is 0 Å². The molecule has 0 fully saturated rings. The first-order chi connectivity index (χ1) is 20.7. The number of benzene rings is 6. The number of rotatable bonds is 2. The van der Waals surface area contributed by atoms with Crippen LogP contribution >= 0.6 is 0 Å². The first kappa shape index (κ1) is 23.4. The molecular weight excluding hydrogens is 518 g/mol. The van der Waals surface area contributed by atoms with Gasteiger partial charge in [0.1, 0.15) is 5.82 Å². The van der Waals surface area contributed by atoms with E-state index in [0.29, 0.717) is 5.56 Å². The summed E-state index contributed by atoms with van der Waals surface area (Å²) in [6.45, 7) is 2.13. The molecule has 3 nitrogen and oxygen atoms in total. The van der Waals surface area contributed by atoms with Gasteiger partial charge in [-0.3, -0.25) is 0 Å². The summed E-state index contributed by atoms with van der Waals surface area (Å²) in [7, 11) is 0. The minimum Gasteiger partial charge on any atom is -0.453 e. The molecule has 1 N–H and O–H groups in total. The normalized spacial score (nSPS) is 13.3. The fourth-order valence-electron chi connectivity index (χ4n) is 7.05. The standard InChI is InChI=1S/C37H24BFN2O/c1-22-10-2-3-11-24(22)26-13-8-14-27-36(26)40-30-20-23(25-12-4-5-16-29(25)39)21-32-35(30)38(27)28-15-9-19-34-37(28)41(32)31-17-6-7-18-33(31)42-34/h2-21,40H,1H3. The van der Waals surface area contributed by atoms with Crippen LogP contribution in [0.1, 0.15) is 5.56 Å². The molecule has 0 aromatic heterocycles. The van der Waals surface area contributed by atoms with Crippen LogP contribution in [-0.4, -0.2) is 6.71 Å². The molecule has 198 valence electrons. The van der Waals surface area contributed by atoms with Gasteiger partial charge in [-0.05, 0) is 76.4 Å². The van der Waals surface area contributed by atoms with Crippen LogP contribution in [0.2, 0.25) is 0 Å². The molecule has 3 aliphatic rings. The van der Waals surface area contributed by atoms with Gasteiger partial charge < -0.3 is 15.0 Å². The third-order valence-electron chi connectivity index (χ3n) is 8.87. The quantitative estimate of drug-likeness (QED) is 0.225. The van der Waals surface area contributed by atoms with E-state index in [0.717, 1.165) is 51.1 Å². The lowest BCUT2D eigenvalue weighted by atomic mass is 9.33. The predicted octanol–water partition coefficient (Wildman–Crippen LogP) is 7.93. The predicted molar refractivity (Wildman–Crippen MR) is 171 cm³/mol. The van der Waals surface area contributed by atoms with Crippen molar-refractivity contribution < 1.29 is 9.13 Å². The summed E-state index contributed by atoms with van der Waals surface area (Å²) in [5.74, 6) is 1.39. The number of halogens is 1. The van der Waals surface area contributed by atoms with Crippen LogP contribution in [-0.2, 0) is 0 Å². The van der Waals surface area contributed by atoms with E-state index in [1.165, 1.54) is 33.6 Å². The fraction of sp³-hybridized carbons (Fsp3) is 0.0270. The van der Waals surface area contributed by atoms with Gasteiger partial charge in [0.25, 0.3) is 6.71 Å². The van der Waals surface area contributed by atoms with E-state index in [2.05, 4.69) is 89.9 Å². The van der Waals surface area contributed by atoms with Crippen molar-refractivity contribution in [2.75, 3.05) is 10.2 Å². The monoisotopic (exact) mass is 542 g/mol. The van der Waals surface area contributed by atoms with Gasteiger partial charge in [0.15, 0.2) is 11.5 Å². The summed E-state index contributed by atoms with van der Waals surface area (Å²) >= 11 is 0. The number of nitrogens with zero attached hydrogens (tertiary/aromatic N) is 1. The Labute approximate surface area is 243 Å². The summed E-state index contributed by atoms with van der Waals surface area (Å²) in [5.41, 5.74) is 13.7. The van der Waals surface area contributed by atoms with E-state index in [4.69, 9.17) is 4.74 Å². The van der Waals surface area contributed by atoms with Gasteiger partial charge in [-0.2, -0.15) is 0 Å². The van der Waals surface area contributed by atoms with E-state index >= 15 is 4.39 Å². The van der Waals surface area contributed by atoms with Crippen LogP contribution in [0.15, 0.2) is 121 Å². The molecule has 0 atom stereocenters. The zero-order chi connectivity index (χ0) is 27.9. The Morgan fingerprint density at radius 2 is 1.38 bits per heavy atom. The smallest absolute Gasteiger partial charge is 0.252 e. The Kier molecular flexibility index (Phi) is 4.80. The number of hydrogen-bond donors (Lipinski definition) is 1. The highest BCUT2D eigenvalue weighted by Gasteiger charge is 2.44. The lowest BCUT2D eigenvalue weighted by Crippen LogP contribution is -2.60. The van der Waals surface area contributed by atoms with Crippen molar-refractivity contribution in [2.45, 2.75) is 6.92 Å². The molecule has 0 radical (unpaired) electrons. The Balaban J connectivity index is 1.39. The van der Waals surface area contributed by atoms with Crippen molar-refractivity contribution in [1.29, 1.82) is 0 Å². The summed E-state index contributed by atoms with van der Waals surface area (Å²) in [6, 6.07) is 40.8. The van der Waals surface area contributed by atoms with Gasteiger partial charge in [-0.25, -0.2) is 4.39 Å². The molecule has 0 saturated carbocycles. The average molecular weight is 542 g/mol. The molecule has 0 amide bonds. The largest absolute Gasteiger partial charge is 0.453 e. The van der Waals surface area contributed by atoms with E-state index in [1.54, 1.807) is 6.07 Å². The average Bonchev–Trinajstić information content (AvgIpc) is 3.02. The second kappa shape index (κ2) is 8.61. The Morgan fingerprint density at radius 1 is 0.667 bits per heavy atom. The van der Waals surface area contributed by atoms with Crippen molar-refractivity contribution in [1.82, 2.24) is 0 Å². The molecule has 0 saturated heterocycles. The number of hydrogen-bond acceptors (Lipinski definition) is 3. The van der Waals surface area contributed by atoms with Gasteiger partial charge in [-0.1, -0.05) is 84.9 Å². The molecule has 42 heavy (non-hydrogen) atoms. The Bertz CT molecular complexity index is 2110. The van der Waals surface area contributed by atoms with E-state index < -0.39 is 0 Å². The first-order valence-electron chi connectivity index (χ1n) is 14.3. The number of fused-ring (bicyclic) bond motifs is 6. The summed E-state index contributed by atoms with van der Waals surface area (Å²) < 4.78 is 21.8. The SMILES string of the molecule is Cc1ccccc1-c1cccc2c1Nc1cc(-c3ccccc3F)cc3c1B2c1cccc2c1N3c1ccccc1O2. The lowest BCUT2D eigenvalue weighted by Gasteiger charge is -2.44. The lowest BCUT2D eigenvalue weighted by molar-refractivity contribution is 0.477. The zero-order valence-corrected chi connectivity index (χ0v) is 22.9. The molecule has 0 unspecified atom stereocenters. The number of para-hydroxylation sites is 4. The van der Waals surface area contributed by atoms with Gasteiger partial charge >= 0.3 is 0 Å². The van der Waals surface area contributed by atoms with Crippen LogP contribution in [0.5, 0.6) is 11.5 Å². The number of ether oxygens (including phenoxy) is 1. The van der Waals surface area contributed by atoms with Crippen LogP contribution < -0.4 is 31.3 Å². The van der Waals surface area contributed by atoms with Crippen molar-refractivity contribution in [3.63, 3.8) is 0 Å². The van der Waals surface area contributed by atoms with Crippen molar-refractivity contribution in [3.8, 4) is 33.8 Å². The van der Waals surface area contributed by atoms with E-state index in [-0.39, 0.29) is 12.5 Å². The van der Waals surface area contributed by atoms with Gasteiger partial charge in [0, 0.05) is 28.2 Å². The highest BCUT2D eigenvalue weighted by Crippen LogP contribution is 2.52. The summed E-state index contributed by atoms with van der Waals surface area (Å²) in [4.78, 5) is 2.31. The van der Waals surface area contributed by atoms with Crippen LogP contribution in [0, 0.1) is 12.7 Å². The second-order valence-electron chi connectivity index (χ2n) is 11.2. The third kappa shape index (κ3) is 3.16. The molecule has 9 rings (SSSR count). The molecule has 6 aromatic rings. The van der Waals surface area contributed by atoms with E-state index in [9.17, 15) is 0 Å². The van der Waals surface area contributed by atoms with Crippen molar-refractivity contribution >= 4 is 51.5 Å². The first-order valence-corrected chi connectivity index (χ1v) is 14.3. The maximum absolute atomic E-state index is 15.3. The van der Waals surface area contributed by atoms with Gasteiger partial charge in [0.05, 0.1) is 11.4 Å². The molecule has 3 aliphatic heterocycles. The third-order valence-corrected chi connectivity index (χ3v) is 8.87. The van der Waals surface area contributed by atoms with Crippen molar-refractivity contribution in [2.24, 2.45) is 0 Å². The minimum absolute atomic E-state index is 0.0232. The Morgan fingerprint density at radius 3 is 2.26 bits per heavy atom. The maximum Gasteiger partial charge on any atom is 0.252 e. The maximum atomic E-state index is 15.3. The van der Waals surface area contributed by atoms with Crippen molar-refractivity contribution in [3.05, 3.63) is 133 Å². The molecule has 0 bridgehead atoms. The molecule has 5 heteroatoms. The summed E-state index contributed by atoms with van der Waals surface area (Å²) in [6.07, 6.45) is 0. The minimum atomic E-state index is -0.239. The van der Waals surface area contributed by atoms with Gasteiger partial charge in [-0.15, -0.1) is 0 Å². The number of nitrogens with one attached hydrogen (secondary N) is 1. The highest BCUT2D eigenvalue weighted by molar-refractivity contribution is 7.00. The molecule has 0 aliphatic carbocycles. The van der Waals surface area contributed by atoms with Crippen LogP contribution in [0.25, 0.3) is 22.3 Å². The fourth-order valence-corrected chi connectivity index (χ4v) is 7.05. The molecular formula is C37H24BFN2O. The molecule has 0 spiro atoms. The van der Waals surface area contributed by atoms with E-state index in [1.807, 2.05) is 36.4 Å². The zero-order valence-electron chi connectivity index (χ0n) is 22.9. The topological polar surface area (TPSA) is 24.5 Å². The molecule has 3 heterocycles. The second-order valence-corrected chi connectivity index (χ2v) is 11.2.